The molecule has 0 spiro atoms. The van der Waals surface area contributed by atoms with E-state index in [-0.39, 0.29) is 17.1 Å². The normalized spacial score (nSPS) is 18.1. The van der Waals surface area contributed by atoms with Crippen LogP contribution in [0.4, 0.5) is 5.69 Å². The lowest BCUT2D eigenvalue weighted by Gasteiger charge is -2.24. The second-order valence-electron chi connectivity index (χ2n) is 9.23. The highest BCUT2D eigenvalue weighted by Crippen LogP contribution is 2.33. The van der Waals surface area contributed by atoms with Crippen molar-refractivity contribution in [1.82, 2.24) is 4.57 Å². The van der Waals surface area contributed by atoms with E-state index in [1.807, 2.05) is 84.3 Å². The number of fused-ring (bicyclic) bond motifs is 3. The summed E-state index contributed by atoms with van der Waals surface area (Å²) in [4.78, 5) is 39.0. The van der Waals surface area contributed by atoms with E-state index in [0.717, 1.165) is 26.7 Å². The second kappa shape index (κ2) is 10.6. The summed E-state index contributed by atoms with van der Waals surface area (Å²) in [5, 5.41) is 14.1. The van der Waals surface area contributed by atoms with Gasteiger partial charge in [0.1, 0.15) is 0 Å². The Morgan fingerprint density at radius 2 is 1.46 bits per heavy atom. The molecule has 1 aliphatic rings. The molecule has 3 aromatic carbocycles. The molecule has 0 fully saturated rings. The number of aromatic nitrogens is 1. The Labute approximate surface area is 219 Å². The molecule has 2 N–H and O–H groups in total. The third-order valence-electron chi connectivity index (χ3n) is 6.93. The lowest BCUT2D eigenvalue weighted by molar-refractivity contribution is -0.146. The Morgan fingerprint density at radius 1 is 0.892 bits per heavy atom. The molecule has 4 aromatic rings. The van der Waals surface area contributed by atoms with Crippen LogP contribution in [-0.4, -0.2) is 32.7 Å². The Balaban J connectivity index is 1.33. The van der Waals surface area contributed by atoms with Crippen LogP contribution in [0.3, 0.4) is 0 Å². The third kappa shape index (κ3) is 4.91. The smallest absolute Gasteiger partial charge is 0.307 e. The molecule has 0 saturated heterocycles. The number of amides is 1. The number of nitrogens with one attached hydrogen (secondary N) is 1. The summed E-state index contributed by atoms with van der Waals surface area (Å²) >= 11 is 1.50. The molecule has 0 radical (unpaired) electrons. The van der Waals surface area contributed by atoms with E-state index >= 15 is 0 Å². The number of para-hydroxylation sites is 2. The fourth-order valence-electron chi connectivity index (χ4n) is 5.01. The molecule has 7 heteroatoms. The topological polar surface area (TPSA) is 88.4 Å². The van der Waals surface area contributed by atoms with Crippen LogP contribution in [0.5, 0.6) is 0 Å². The highest BCUT2D eigenvalue weighted by atomic mass is 32.2. The van der Waals surface area contributed by atoms with Gasteiger partial charge in [-0.15, -0.1) is 11.8 Å². The van der Waals surface area contributed by atoms with Crippen molar-refractivity contribution in [2.75, 3.05) is 5.32 Å². The molecular formula is C30H28N2O4S. The van der Waals surface area contributed by atoms with Gasteiger partial charge in [0.05, 0.1) is 28.1 Å². The first-order chi connectivity index (χ1) is 18.0. The molecule has 5 rings (SSSR count). The van der Waals surface area contributed by atoms with Crippen molar-refractivity contribution in [3.8, 4) is 0 Å². The molecule has 1 heterocycles. The van der Waals surface area contributed by atoms with Gasteiger partial charge in [0.25, 0.3) is 0 Å². The van der Waals surface area contributed by atoms with Crippen molar-refractivity contribution < 1.29 is 19.5 Å². The van der Waals surface area contributed by atoms with Gasteiger partial charge in [0, 0.05) is 21.4 Å². The molecule has 0 bridgehead atoms. The number of carbonyl (C=O) groups excluding carboxylic acids is 2. The molecule has 6 nitrogen and oxygen atoms in total. The lowest BCUT2D eigenvalue weighted by atomic mass is 9.82. The molecule has 188 valence electrons. The van der Waals surface area contributed by atoms with Gasteiger partial charge in [-0.3, -0.25) is 19.0 Å². The van der Waals surface area contributed by atoms with Crippen molar-refractivity contribution in [3.63, 3.8) is 0 Å². The van der Waals surface area contributed by atoms with E-state index in [0.29, 0.717) is 24.9 Å². The number of rotatable bonds is 7. The van der Waals surface area contributed by atoms with Crippen molar-refractivity contribution in [2.24, 2.45) is 11.8 Å². The number of thioether (sulfide) groups is 1. The number of hydrogen-bond donors (Lipinski definition) is 2. The zero-order chi connectivity index (χ0) is 25.9. The van der Waals surface area contributed by atoms with Gasteiger partial charge in [-0.2, -0.15) is 0 Å². The van der Waals surface area contributed by atoms with Crippen molar-refractivity contribution in [2.45, 2.75) is 36.3 Å². The fraction of sp³-hybridized carbons (Fsp3) is 0.233. The number of hydrogen-bond acceptors (Lipinski definition) is 4. The van der Waals surface area contributed by atoms with Crippen LogP contribution < -0.4 is 5.32 Å². The Bertz CT molecular complexity index is 1450. The quantitative estimate of drug-likeness (QED) is 0.215. The standard InChI is InChI=1S/C30H28N2O4S/c1-2-27(29(34)32-25-13-7-5-9-21(25)22-10-6-8-14-26(22)32)37-20-17-15-19(16-18-20)31-28(33)23-11-3-4-12-24(23)30(35)36/h3-10,13-18,23-24,27H,2,11-12H2,1H3,(H,31,33)(H,35,36). The fourth-order valence-corrected chi connectivity index (χ4v) is 6.00. The SMILES string of the molecule is CCC(Sc1ccc(NC(=O)C2CC=CCC2C(=O)O)cc1)C(=O)n1c2ccccc2c2ccccc21. The molecule has 3 atom stereocenters. The first-order valence-corrected chi connectivity index (χ1v) is 13.3. The number of carbonyl (C=O) groups is 3. The number of aliphatic carboxylic acids is 1. The minimum Gasteiger partial charge on any atom is -0.481 e. The van der Waals surface area contributed by atoms with Crippen LogP contribution in [-0.2, 0) is 9.59 Å². The minimum absolute atomic E-state index is 0.0346. The number of carboxylic acid groups (broad SMARTS) is 1. The van der Waals surface area contributed by atoms with Crippen LogP contribution in [0.2, 0.25) is 0 Å². The second-order valence-corrected chi connectivity index (χ2v) is 10.5. The summed E-state index contributed by atoms with van der Waals surface area (Å²) < 4.78 is 1.83. The Hall–Kier alpha value is -3.84. The van der Waals surface area contributed by atoms with E-state index in [9.17, 15) is 19.5 Å². The molecule has 1 aliphatic carbocycles. The molecule has 1 aromatic heterocycles. The van der Waals surface area contributed by atoms with Crippen molar-refractivity contribution in [3.05, 3.63) is 84.9 Å². The summed E-state index contributed by atoms with van der Waals surface area (Å²) in [5.41, 5.74) is 2.42. The summed E-state index contributed by atoms with van der Waals surface area (Å²) in [6, 6.07) is 23.3. The first-order valence-electron chi connectivity index (χ1n) is 12.5. The number of carboxylic acids is 1. The monoisotopic (exact) mass is 512 g/mol. The highest BCUT2D eigenvalue weighted by molar-refractivity contribution is 8.00. The van der Waals surface area contributed by atoms with Gasteiger partial charge in [-0.05, 0) is 55.7 Å². The number of allylic oxidation sites excluding steroid dienone is 2. The molecule has 37 heavy (non-hydrogen) atoms. The van der Waals surface area contributed by atoms with E-state index in [2.05, 4.69) is 5.32 Å². The van der Waals surface area contributed by atoms with Crippen LogP contribution in [0.15, 0.2) is 89.8 Å². The van der Waals surface area contributed by atoms with Crippen LogP contribution >= 0.6 is 11.8 Å². The van der Waals surface area contributed by atoms with Crippen LogP contribution in [0.1, 0.15) is 31.0 Å². The Morgan fingerprint density at radius 3 is 2.03 bits per heavy atom. The summed E-state index contributed by atoms with van der Waals surface area (Å²) in [6.45, 7) is 2.01. The molecular weight excluding hydrogens is 484 g/mol. The van der Waals surface area contributed by atoms with Crippen LogP contribution in [0, 0.1) is 11.8 Å². The van der Waals surface area contributed by atoms with Gasteiger partial charge < -0.3 is 10.4 Å². The van der Waals surface area contributed by atoms with Gasteiger partial charge >= 0.3 is 5.97 Å². The maximum Gasteiger partial charge on any atom is 0.307 e. The molecule has 1 amide bonds. The van der Waals surface area contributed by atoms with E-state index < -0.39 is 17.8 Å². The largest absolute Gasteiger partial charge is 0.481 e. The average Bonchev–Trinajstić information content (AvgIpc) is 3.26. The van der Waals surface area contributed by atoms with E-state index in [1.165, 1.54) is 11.8 Å². The summed E-state index contributed by atoms with van der Waals surface area (Å²) in [7, 11) is 0. The minimum atomic E-state index is -0.949. The van der Waals surface area contributed by atoms with Crippen LogP contribution in [0.25, 0.3) is 21.8 Å². The predicted molar refractivity (Wildman–Crippen MR) is 148 cm³/mol. The van der Waals surface area contributed by atoms with Gasteiger partial charge in [-0.1, -0.05) is 55.5 Å². The molecule has 0 saturated carbocycles. The van der Waals surface area contributed by atoms with Gasteiger partial charge in [0.2, 0.25) is 11.8 Å². The number of benzene rings is 3. The maximum atomic E-state index is 13.8. The highest BCUT2D eigenvalue weighted by Gasteiger charge is 2.34. The van der Waals surface area contributed by atoms with Gasteiger partial charge in [-0.25, -0.2) is 0 Å². The maximum absolute atomic E-state index is 13.8. The third-order valence-corrected chi connectivity index (χ3v) is 8.30. The molecule has 0 aliphatic heterocycles. The summed E-state index contributed by atoms with van der Waals surface area (Å²) in [6.07, 6.45) is 5.12. The summed E-state index contributed by atoms with van der Waals surface area (Å²) in [5.74, 6) is -2.51. The molecule has 3 unspecified atom stereocenters. The number of nitrogens with zero attached hydrogens (tertiary/aromatic N) is 1. The van der Waals surface area contributed by atoms with E-state index in [4.69, 9.17) is 0 Å². The predicted octanol–water partition coefficient (Wildman–Crippen LogP) is 6.61. The Kier molecular flexibility index (Phi) is 7.15. The zero-order valence-corrected chi connectivity index (χ0v) is 21.3. The van der Waals surface area contributed by atoms with Crippen molar-refractivity contribution >= 4 is 57.0 Å². The number of anilines is 1. The average molecular weight is 513 g/mol. The van der Waals surface area contributed by atoms with E-state index in [1.54, 1.807) is 12.1 Å². The zero-order valence-electron chi connectivity index (χ0n) is 20.5. The first kappa shape index (κ1) is 24.8. The lowest BCUT2D eigenvalue weighted by Crippen LogP contribution is -2.34. The van der Waals surface area contributed by atoms with Gasteiger partial charge in [0.15, 0.2) is 0 Å². The van der Waals surface area contributed by atoms with Crippen molar-refractivity contribution in [1.29, 1.82) is 0 Å².